The van der Waals surface area contributed by atoms with Crippen molar-refractivity contribution in [3.05, 3.63) is 0 Å². The van der Waals surface area contributed by atoms with Gasteiger partial charge in [0.15, 0.2) is 0 Å². The zero-order valence-electron chi connectivity index (χ0n) is 14.3. The molecule has 0 bridgehead atoms. The molecule has 0 aliphatic carbocycles. The summed E-state index contributed by atoms with van der Waals surface area (Å²) >= 11 is 0. The monoisotopic (exact) mass is 312 g/mol. The van der Waals surface area contributed by atoms with E-state index < -0.39 is 0 Å². The van der Waals surface area contributed by atoms with Crippen LogP contribution in [-0.2, 0) is 4.79 Å². The third-order valence-corrected chi connectivity index (χ3v) is 4.43. The number of rotatable bonds is 7. The van der Waals surface area contributed by atoms with Crippen LogP contribution in [0.4, 0.5) is 4.79 Å². The Morgan fingerprint density at radius 3 is 2.55 bits per heavy atom. The van der Waals surface area contributed by atoms with Crippen LogP contribution in [0.25, 0.3) is 0 Å². The van der Waals surface area contributed by atoms with Crippen molar-refractivity contribution < 1.29 is 14.7 Å². The molecule has 2 atom stereocenters. The maximum Gasteiger partial charge on any atom is 0.324 e. The molecule has 3 amide bonds. The molecule has 0 radical (unpaired) electrons. The summed E-state index contributed by atoms with van der Waals surface area (Å²) in [6.07, 6.45) is 6.34. The van der Waals surface area contributed by atoms with Gasteiger partial charge in [0.05, 0.1) is 12.6 Å². The van der Waals surface area contributed by atoms with Gasteiger partial charge in [0.1, 0.15) is 0 Å². The van der Waals surface area contributed by atoms with E-state index in [0.717, 1.165) is 44.9 Å². The highest BCUT2D eigenvalue weighted by Crippen LogP contribution is 2.19. The Labute approximate surface area is 134 Å². The Hall–Kier alpha value is -1.10. The van der Waals surface area contributed by atoms with Crippen LogP contribution in [0.1, 0.15) is 65.7 Å². The number of aliphatic hydroxyl groups is 1. The minimum Gasteiger partial charge on any atom is -0.394 e. The van der Waals surface area contributed by atoms with Crippen molar-refractivity contribution in [2.75, 3.05) is 13.2 Å². The Bertz CT molecular complexity index is 358. The molecule has 5 heteroatoms. The van der Waals surface area contributed by atoms with Crippen LogP contribution in [-0.4, -0.2) is 41.1 Å². The van der Waals surface area contributed by atoms with Crippen LogP contribution in [0.5, 0.6) is 0 Å². The maximum absolute atomic E-state index is 12.4. The molecule has 0 spiro atoms. The number of nitrogens with zero attached hydrogens (tertiary/aromatic N) is 1. The second-order valence-electron chi connectivity index (χ2n) is 6.78. The molecule has 1 fully saturated rings. The molecule has 0 aromatic heterocycles. The van der Waals surface area contributed by atoms with Crippen LogP contribution in [0, 0.1) is 11.8 Å². The first-order chi connectivity index (χ1) is 10.5. The molecule has 5 nitrogen and oxygen atoms in total. The average Bonchev–Trinajstić information content (AvgIpc) is 2.50. The number of likely N-dealkylation sites (tertiary alicyclic amines) is 1. The molecule has 0 aromatic rings. The number of hydrogen-bond acceptors (Lipinski definition) is 3. The van der Waals surface area contributed by atoms with Gasteiger partial charge in [-0.1, -0.05) is 33.6 Å². The lowest BCUT2D eigenvalue weighted by Gasteiger charge is -2.34. The number of aliphatic hydroxyl groups excluding tert-OH is 1. The molecule has 1 unspecified atom stereocenters. The zero-order valence-corrected chi connectivity index (χ0v) is 14.3. The highest BCUT2D eigenvalue weighted by molar-refractivity contribution is 5.95. The number of amides is 3. The Morgan fingerprint density at radius 2 is 1.95 bits per heavy atom. The summed E-state index contributed by atoms with van der Waals surface area (Å²) in [7, 11) is 0. The normalized spacial score (nSPS) is 20.0. The Morgan fingerprint density at radius 1 is 1.23 bits per heavy atom. The van der Waals surface area contributed by atoms with Crippen molar-refractivity contribution in [3.63, 3.8) is 0 Å². The fourth-order valence-corrected chi connectivity index (χ4v) is 3.03. The number of piperidine rings is 1. The van der Waals surface area contributed by atoms with E-state index in [2.05, 4.69) is 26.1 Å². The summed E-state index contributed by atoms with van der Waals surface area (Å²) in [6, 6.07) is -0.490. The van der Waals surface area contributed by atoms with Gasteiger partial charge in [-0.3, -0.25) is 10.1 Å². The van der Waals surface area contributed by atoms with Crippen molar-refractivity contribution >= 4 is 11.9 Å². The van der Waals surface area contributed by atoms with Crippen molar-refractivity contribution in [2.45, 2.75) is 71.8 Å². The van der Waals surface area contributed by atoms with Crippen molar-refractivity contribution in [1.29, 1.82) is 0 Å². The highest BCUT2D eigenvalue weighted by Gasteiger charge is 2.28. The van der Waals surface area contributed by atoms with Crippen LogP contribution in [0.2, 0.25) is 0 Å². The summed E-state index contributed by atoms with van der Waals surface area (Å²) in [4.78, 5) is 26.3. The third-order valence-electron chi connectivity index (χ3n) is 4.43. The molecular formula is C17H32N2O3. The molecule has 0 aromatic carbocycles. The van der Waals surface area contributed by atoms with Gasteiger partial charge in [-0.15, -0.1) is 0 Å². The van der Waals surface area contributed by atoms with Crippen LogP contribution in [0.15, 0.2) is 0 Å². The van der Waals surface area contributed by atoms with E-state index >= 15 is 0 Å². The molecular weight excluding hydrogens is 280 g/mol. The van der Waals surface area contributed by atoms with Crippen molar-refractivity contribution in [3.8, 4) is 0 Å². The third kappa shape index (κ3) is 5.95. The number of imide groups is 1. The van der Waals surface area contributed by atoms with E-state index in [1.54, 1.807) is 4.90 Å². The molecule has 1 saturated heterocycles. The summed E-state index contributed by atoms with van der Waals surface area (Å²) in [5.41, 5.74) is 0. The number of hydrogen-bond donors (Lipinski definition) is 2. The van der Waals surface area contributed by atoms with Gasteiger partial charge in [0.25, 0.3) is 0 Å². The molecule has 0 saturated carbocycles. The first-order valence-electron chi connectivity index (χ1n) is 8.71. The SMILES string of the molecule is CCC[C@@H](CCC(C)C)C(=O)NC(=O)N1CCCCC1CO. The molecule has 1 aliphatic rings. The molecule has 1 aliphatic heterocycles. The van der Waals surface area contributed by atoms with Crippen LogP contribution >= 0.6 is 0 Å². The van der Waals surface area contributed by atoms with Gasteiger partial charge >= 0.3 is 6.03 Å². The predicted octanol–water partition coefficient (Wildman–Crippen LogP) is 2.92. The maximum atomic E-state index is 12.4. The first-order valence-corrected chi connectivity index (χ1v) is 8.71. The number of carbonyl (C=O) groups is 2. The zero-order chi connectivity index (χ0) is 16.5. The lowest BCUT2D eigenvalue weighted by atomic mass is 9.93. The fourth-order valence-electron chi connectivity index (χ4n) is 3.03. The molecule has 1 heterocycles. The van der Waals surface area contributed by atoms with Gasteiger partial charge in [-0.2, -0.15) is 0 Å². The van der Waals surface area contributed by atoms with Crippen molar-refractivity contribution in [2.24, 2.45) is 11.8 Å². The van der Waals surface area contributed by atoms with Crippen LogP contribution < -0.4 is 5.32 Å². The van der Waals surface area contributed by atoms with Gasteiger partial charge in [-0.25, -0.2) is 4.79 Å². The van der Waals surface area contributed by atoms with Crippen LogP contribution in [0.3, 0.4) is 0 Å². The standard InChI is InChI=1S/C17H32N2O3/c1-4-7-14(10-9-13(2)3)16(21)18-17(22)19-11-6-5-8-15(19)12-20/h13-15,20H,4-12H2,1-3H3,(H,18,21,22)/t14-,15?/m0/s1. The fraction of sp³-hybridized carbons (Fsp3) is 0.882. The minimum absolute atomic E-state index is 0.0344. The van der Waals surface area contributed by atoms with E-state index in [1.165, 1.54) is 0 Å². The van der Waals surface area contributed by atoms with E-state index in [0.29, 0.717) is 12.5 Å². The number of nitrogens with one attached hydrogen (secondary N) is 1. The van der Waals surface area contributed by atoms with Crippen molar-refractivity contribution in [1.82, 2.24) is 10.2 Å². The smallest absolute Gasteiger partial charge is 0.324 e. The van der Waals surface area contributed by atoms with Gasteiger partial charge in [0.2, 0.25) is 5.91 Å². The summed E-state index contributed by atoms with van der Waals surface area (Å²) < 4.78 is 0. The molecule has 1 rings (SSSR count). The molecule has 2 N–H and O–H groups in total. The predicted molar refractivity (Wildman–Crippen MR) is 87.4 cm³/mol. The second kappa shape index (κ2) is 9.82. The Balaban J connectivity index is 2.57. The van der Waals surface area contributed by atoms with E-state index in [9.17, 15) is 14.7 Å². The van der Waals surface area contributed by atoms with E-state index in [1.807, 2.05) is 0 Å². The Kier molecular flexibility index (Phi) is 8.46. The summed E-state index contributed by atoms with van der Waals surface area (Å²) in [5, 5.41) is 11.9. The largest absolute Gasteiger partial charge is 0.394 e. The van der Waals surface area contributed by atoms with Gasteiger partial charge in [-0.05, 0) is 38.0 Å². The summed E-state index contributed by atoms with van der Waals surface area (Å²) in [6.45, 7) is 6.93. The first kappa shape index (κ1) is 18.9. The quantitative estimate of drug-likeness (QED) is 0.759. The second-order valence-corrected chi connectivity index (χ2v) is 6.78. The van der Waals surface area contributed by atoms with E-state index in [-0.39, 0.29) is 30.5 Å². The minimum atomic E-state index is -0.339. The number of carbonyl (C=O) groups excluding carboxylic acids is 2. The highest BCUT2D eigenvalue weighted by atomic mass is 16.3. The average molecular weight is 312 g/mol. The molecule has 128 valence electrons. The van der Waals surface area contributed by atoms with E-state index in [4.69, 9.17) is 0 Å². The lowest BCUT2D eigenvalue weighted by molar-refractivity contribution is -0.124. The number of urea groups is 1. The van der Waals surface area contributed by atoms with Gasteiger partial charge < -0.3 is 10.0 Å². The van der Waals surface area contributed by atoms with Gasteiger partial charge in [0, 0.05) is 12.5 Å². The lowest BCUT2D eigenvalue weighted by Crippen LogP contribution is -2.52. The topological polar surface area (TPSA) is 69.6 Å². The summed E-state index contributed by atoms with van der Waals surface area (Å²) in [5.74, 6) is 0.312. The molecule has 22 heavy (non-hydrogen) atoms.